The molecule has 0 aliphatic carbocycles. The lowest BCUT2D eigenvalue weighted by Crippen LogP contribution is -2.15. The van der Waals surface area contributed by atoms with Gasteiger partial charge in [-0.25, -0.2) is 4.79 Å². The van der Waals surface area contributed by atoms with Gasteiger partial charge in [-0.05, 0) is 52.3 Å². The molecule has 108 valence electrons. The second kappa shape index (κ2) is 6.60. The van der Waals surface area contributed by atoms with Crippen molar-refractivity contribution in [1.29, 1.82) is 0 Å². The molecule has 0 atom stereocenters. The first-order valence-electron chi connectivity index (χ1n) is 5.67. The van der Waals surface area contributed by atoms with E-state index in [1.165, 1.54) is 12.1 Å². The highest BCUT2D eigenvalue weighted by atomic mass is 79.9. The molecule has 0 bridgehead atoms. The lowest BCUT2D eigenvalue weighted by atomic mass is 10.1. The van der Waals surface area contributed by atoms with E-state index in [-0.39, 0.29) is 11.3 Å². The molecule has 0 unspecified atom stereocenters. The Labute approximate surface area is 142 Å². The zero-order valence-electron chi connectivity index (χ0n) is 10.4. The molecule has 0 aliphatic heterocycles. The van der Waals surface area contributed by atoms with Crippen molar-refractivity contribution < 1.29 is 14.7 Å². The van der Waals surface area contributed by atoms with Gasteiger partial charge in [-0.15, -0.1) is 0 Å². The number of nitrogens with one attached hydrogen (secondary N) is 1. The molecule has 1 amide bonds. The number of carbonyl (C=O) groups excluding carboxylic acids is 1. The van der Waals surface area contributed by atoms with Gasteiger partial charge in [-0.3, -0.25) is 4.79 Å². The van der Waals surface area contributed by atoms with Gasteiger partial charge < -0.3 is 10.4 Å². The monoisotopic (exact) mass is 431 g/mol. The van der Waals surface area contributed by atoms with Gasteiger partial charge in [0, 0.05) is 14.0 Å². The smallest absolute Gasteiger partial charge is 0.337 e. The topological polar surface area (TPSA) is 66.4 Å². The van der Waals surface area contributed by atoms with Crippen LogP contribution >= 0.6 is 43.5 Å². The number of aromatic carboxylic acids is 1. The Morgan fingerprint density at radius 1 is 1.05 bits per heavy atom. The lowest BCUT2D eigenvalue weighted by Gasteiger charge is -2.10. The largest absolute Gasteiger partial charge is 0.478 e. The van der Waals surface area contributed by atoms with Crippen LogP contribution in [0.15, 0.2) is 45.3 Å². The van der Waals surface area contributed by atoms with Crippen molar-refractivity contribution in [2.24, 2.45) is 0 Å². The molecule has 0 radical (unpaired) electrons. The van der Waals surface area contributed by atoms with Gasteiger partial charge in [-0.2, -0.15) is 0 Å². The molecule has 2 rings (SSSR count). The van der Waals surface area contributed by atoms with Crippen molar-refractivity contribution >= 4 is 61.0 Å². The molecule has 4 nitrogen and oxygen atoms in total. The molecule has 2 N–H and O–H groups in total. The molecule has 0 heterocycles. The molecule has 2 aromatic rings. The fourth-order valence-corrected chi connectivity index (χ4v) is 2.89. The first-order chi connectivity index (χ1) is 9.88. The molecule has 0 spiro atoms. The Kier molecular flexibility index (Phi) is 5.03. The minimum Gasteiger partial charge on any atom is -0.478 e. The van der Waals surface area contributed by atoms with Crippen molar-refractivity contribution in [2.75, 3.05) is 5.32 Å². The van der Waals surface area contributed by atoms with E-state index in [0.29, 0.717) is 19.5 Å². The lowest BCUT2D eigenvalue weighted by molar-refractivity contribution is 0.0698. The second-order valence-corrected chi connectivity index (χ2v) is 6.28. The summed E-state index contributed by atoms with van der Waals surface area (Å²) in [4.78, 5) is 23.4. The van der Waals surface area contributed by atoms with Gasteiger partial charge in [0.2, 0.25) is 0 Å². The van der Waals surface area contributed by atoms with E-state index in [0.717, 1.165) is 0 Å². The van der Waals surface area contributed by atoms with Crippen LogP contribution in [0, 0.1) is 0 Å². The van der Waals surface area contributed by atoms with Crippen molar-refractivity contribution in [1.82, 2.24) is 0 Å². The molecule has 21 heavy (non-hydrogen) atoms. The van der Waals surface area contributed by atoms with E-state index < -0.39 is 11.9 Å². The van der Waals surface area contributed by atoms with Crippen LogP contribution in [0.1, 0.15) is 20.7 Å². The number of rotatable bonds is 3. The third-order valence-electron chi connectivity index (χ3n) is 2.64. The zero-order chi connectivity index (χ0) is 15.6. The van der Waals surface area contributed by atoms with Crippen LogP contribution in [-0.4, -0.2) is 17.0 Å². The zero-order valence-corrected chi connectivity index (χ0v) is 14.3. The number of benzene rings is 2. The number of hydrogen-bond donors (Lipinski definition) is 2. The van der Waals surface area contributed by atoms with Crippen molar-refractivity contribution in [3.63, 3.8) is 0 Å². The number of halogens is 3. The predicted molar refractivity (Wildman–Crippen MR) is 88.2 cm³/mol. The number of anilines is 1. The van der Waals surface area contributed by atoms with E-state index in [4.69, 9.17) is 16.7 Å². The van der Waals surface area contributed by atoms with Crippen LogP contribution in [-0.2, 0) is 0 Å². The first kappa shape index (κ1) is 16.0. The maximum absolute atomic E-state index is 12.2. The summed E-state index contributed by atoms with van der Waals surface area (Å²) in [5.74, 6) is -1.55. The molecule has 0 aliphatic rings. The summed E-state index contributed by atoms with van der Waals surface area (Å²) in [5.41, 5.74) is 0.582. The third kappa shape index (κ3) is 3.84. The molecule has 7 heteroatoms. The van der Waals surface area contributed by atoms with Crippen LogP contribution in [0.2, 0.25) is 5.02 Å². The first-order valence-corrected chi connectivity index (χ1v) is 7.64. The SMILES string of the molecule is O=C(Nc1ccc(Br)cc1C(=O)O)c1ccc(Cl)cc1Br. The van der Waals surface area contributed by atoms with Gasteiger partial charge in [0.05, 0.1) is 16.8 Å². The molecular weight excluding hydrogens is 425 g/mol. The average Bonchev–Trinajstić information content (AvgIpc) is 2.40. The molecule has 0 saturated heterocycles. The summed E-state index contributed by atoms with van der Waals surface area (Å²) >= 11 is 12.3. The van der Waals surface area contributed by atoms with Crippen LogP contribution < -0.4 is 5.32 Å². The minimum atomic E-state index is -1.12. The van der Waals surface area contributed by atoms with E-state index >= 15 is 0 Å². The van der Waals surface area contributed by atoms with Gasteiger partial charge in [0.1, 0.15) is 0 Å². The highest BCUT2D eigenvalue weighted by Crippen LogP contribution is 2.25. The van der Waals surface area contributed by atoms with Gasteiger partial charge >= 0.3 is 5.97 Å². The molecule has 0 saturated carbocycles. The van der Waals surface area contributed by atoms with Crippen molar-refractivity contribution in [3.05, 3.63) is 61.5 Å². The van der Waals surface area contributed by atoms with E-state index in [1.54, 1.807) is 24.3 Å². The summed E-state index contributed by atoms with van der Waals surface area (Å²) in [5, 5.41) is 12.2. The Bertz CT molecular complexity index is 734. The molecule has 2 aromatic carbocycles. The molecule has 0 fully saturated rings. The highest BCUT2D eigenvalue weighted by molar-refractivity contribution is 9.10. The Morgan fingerprint density at radius 2 is 1.76 bits per heavy atom. The van der Waals surface area contributed by atoms with E-state index in [1.807, 2.05) is 0 Å². The Morgan fingerprint density at radius 3 is 2.38 bits per heavy atom. The van der Waals surface area contributed by atoms with Gasteiger partial charge in [-0.1, -0.05) is 27.5 Å². The van der Waals surface area contributed by atoms with Crippen LogP contribution in [0.5, 0.6) is 0 Å². The normalized spacial score (nSPS) is 10.2. The van der Waals surface area contributed by atoms with Crippen LogP contribution in [0.25, 0.3) is 0 Å². The van der Waals surface area contributed by atoms with Crippen LogP contribution in [0.4, 0.5) is 5.69 Å². The van der Waals surface area contributed by atoms with Gasteiger partial charge in [0.25, 0.3) is 5.91 Å². The third-order valence-corrected chi connectivity index (χ3v) is 4.02. The maximum Gasteiger partial charge on any atom is 0.337 e. The minimum absolute atomic E-state index is 0.00260. The standard InChI is InChI=1S/C14H8Br2ClNO3/c15-7-1-4-12(10(5-7)14(20)21)18-13(19)9-3-2-8(17)6-11(9)16/h1-6H,(H,18,19)(H,20,21). The second-order valence-electron chi connectivity index (χ2n) is 4.07. The van der Waals surface area contributed by atoms with E-state index in [2.05, 4.69) is 37.2 Å². The Hall–Kier alpha value is -1.37. The highest BCUT2D eigenvalue weighted by Gasteiger charge is 2.15. The van der Waals surface area contributed by atoms with Crippen LogP contribution in [0.3, 0.4) is 0 Å². The number of hydrogen-bond acceptors (Lipinski definition) is 2. The fourth-order valence-electron chi connectivity index (χ4n) is 1.67. The quantitative estimate of drug-likeness (QED) is 0.730. The number of carbonyl (C=O) groups is 2. The Balaban J connectivity index is 2.34. The predicted octanol–water partition coefficient (Wildman–Crippen LogP) is 4.82. The van der Waals surface area contributed by atoms with Crippen molar-refractivity contribution in [2.45, 2.75) is 0 Å². The molecular formula is C14H8Br2ClNO3. The number of carboxylic acids is 1. The average molecular weight is 433 g/mol. The summed E-state index contributed by atoms with van der Waals surface area (Å²) in [6.45, 7) is 0. The molecule has 0 aromatic heterocycles. The number of carboxylic acid groups (broad SMARTS) is 1. The van der Waals surface area contributed by atoms with E-state index in [9.17, 15) is 9.59 Å². The summed E-state index contributed by atoms with van der Waals surface area (Å²) in [6.07, 6.45) is 0. The number of amides is 1. The van der Waals surface area contributed by atoms with Crippen molar-refractivity contribution in [3.8, 4) is 0 Å². The summed E-state index contributed by atoms with van der Waals surface area (Å²) < 4.78 is 1.15. The summed E-state index contributed by atoms with van der Waals surface area (Å²) in [7, 11) is 0. The fraction of sp³-hybridized carbons (Fsp3) is 0. The maximum atomic E-state index is 12.2. The summed E-state index contributed by atoms with van der Waals surface area (Å²) in [6, 6.07) is 9.33. The van der Waals surface area contributed by atoms with Gasteiger partial charge in [0.15, 0.2) is 0 Å².